The Balaban J connectivity index is 1.90. The number of aryl methyl sites for hydroxylation is 1. The fourth-order valence-electron chi connectivity index (χ4n) is 3.06. The molecule has 1 aromatic heterocycles. The van der Waals surface area contributed by atoms with Crippen LogP contribution in [0.2, 0.25) is 0 Å². The predicted octanol–water partition coefficient (Wildman–Crippen LogP) is 3.73. The number of carbonyl (C=O) groups is 1. The summed E-state index contributed by atoms with van der Waals surface area (Å²) in [7, 11) is 0. The van der Waals surface area contributed by atoms with Crippen LogP contribution < -0.4 is 5.32 Å². The minimum absolute atomic E-state index is 0.0829. The van der Waals surface area contributed by atoms with E-state index in [0.29, 0.717) is 5.75 Å². The molecule has 0 bridgehead atoms. The quantitative estimate of drug-likeness (QED) is 0.874. The third-order valence-corrected chi connectivity index (χ3v) is 4.98. The normalized spacial score (nSPS) is 14.1. The van der Waals surface area contributed by atoms with Crippen molar-refractivity contribution >= 4 is 28.6 Å². The van der Waals surface area contributed by atoms with Gasteiger partial charge in [-0.3, -0.25) is 4.79 Å². The summed E-state index contributed by atoms with van der Waals surface area (Å²) in [5, 5.41) is 5.28. The lowest BCUT2D eigenvalue weighted by atomic mass is 9.90. The number of para-hydroxylation sites is 1. The largest absolute Gasteiger partial charge is 0.353 e. The van der Waals surface area contributed by atoms with E-state index in [1.54, 1.807) is 11.8 Å². The van der Waals surface area contributed by atoms with Crippen molar-refractivity contribution in [3.8, 4) is 0 Å². The van der Waals surface area contributed by atoms with Gasteiger partial charge in [0.15, 0.2) is 0 Å². The Morgan fingerprint density at radius 3 is 2.73 bits per heavy atom. The Morgan fingerprint density at radius 2 is 1.95 bits per heavy atom. The number of aromatic nitrogens is 1. The first-order valence-corrected chi connectivity index (χ1v) is 8.96. The highest BCUT2D eigenvalue weighted by atomic mass is 32.2. The molecule has 116 valence electrons. The summed E-state index contributed by atoms with van der Waals surface area (Å²) in [6.07, 6.45) is 4.68. The summed E-state index contributed by atoms with van der Waals surface area (Å²) in [5.74, 6) is 0.523. The van der Waals surface area contributed by atoms with E-state index in [1.807, 2.05) is 19.9 Å². The molecule has 1 N–H and O–H groups in total. The standard InChI is InChI=1S/C18H22N2OS/c1-12(2)19-17(21)11-22-18-15-9-4-3-7-13(15)14-8-5-6-10-16(14)20-18/h5-6,8,10,12H,3-4,7,9,11H2,1-2H3,(H,19,21). The number of carbonyl (C=O) groups excluding carboxylic acids is 1. The Labute approximate surface area is 135 Å². The number of hydrogen-bond acceptors (Lipinski definition) is 3. The van der Waals surface area contributed by atoms with Gasteiger partial charge in [-0.15, -0.1) is 0 Å². The fourth-order valence-corrected chi connectivity index (χ4v) is 3.97. The molecule has 3 nitrogen and oxygen atoms in total. The summed E-state index contributed by atoms with van der Waals surface area (Å²) in [5.41, 5.74) is 3.87. The summed E-state index contributed by atoms with van der Waals surface area (Å²) in [6.45, 7) is 3.97. The molecule has 4 heteroatoms. The van der Waals surface area contributed by atoms with Gasteiger partial charge in [0.2, 0.25) is 5.91 Å². The second-order valence-corrected chi connectivity index (χ2v) is 7.07. The van der Waals surface area contributed by atoms with Gasteiger partial charge in [0.25, 0.3) is 0 Å². The predicted molar refractivity (Wildman–Crippen MR) is 92.4 cm³/mol. The number of hydrogen-bond donors (Lipinski definition) is 1. The smallest absolute Gasteiger partial charge is 0.230 e. The number of fused-ring (bicyclic) bond motifs is 3. The number of thioether (sulfide) groups is 1. The number of benzene rings is 1. The van der Waals surface area contributed by atoms with Gasteiger partial charge in [0.05, 0.1) is 11.3 Å². The molecule has 3 rings (SSSR count). The summed E-state index contributed by atoms with van der Waals surface area (Å²) < 4.78 is 0. The van der Waals surface area contributed by atoms with E-state index in [0.717, 1.165) is 23.4 Å². The van der Waals surface area contributed by atoms with Gasteiger partial charge in [0, 0.05) is 11.4 Å². The summed E-state index contributed by atoms with van der Waals surface area (Å²) in [4.78, 5) is 16.7. The van der Waals surface area contributed by atoms with Gasteiger partial charge in [-0.05, 0) is 56.7 Å². The molecule has 0 aliphatic heterocycles. The molecule has 0 saturated carbocycles. The van der Waals surface area contributed by atoms with Crippen molar-refractivity contribution in [3.63, 3.8) is 0 Å². The molecular formula is C18H22N2OS. The van der Waals surface area contributed by atoms with Gasteiger partial charge in [-0.1, -0.05) is 30.0 Å². The van der Waals surface area contributed by atoms with Crippen LogP contribution in [0.1, 0.15) is 37.8 Å². The van der Waals surface area contributed by atoms with Crippen LogP contribution in [0, 0.1) is 0 Å². The van der Waals surface area contributed by atoms with E-state index in [4.69, 9.17) is 4.98 Å². The van der Waals surface area contributed by atoms with E-state index in [-0.39, 0.29) is 11.9 Å². The third kappa shape index (κ3) is 3.27. The molecule has 1 amide bonds. The lowest BCUT2D eigenvalue weighted by Crippen LogP contribution is -2.31. The first kappa shape index (κ1) is 15.3. The number of pyridine rings is 1. The zero-order chi connectivity index (χ0) is 15.5. The molecule has 0 spiro atoms. The van der Waals surface area contributed by atoms with Crippen LogP contribution in [0.5, 0.6) is 0 Å². The van der Waals surface area contributed by atoms with Crippen molar-refractivity contribution in [2.75, 3.05) is 5.75 Å². The van der Waals surface area contributed by atoms with Gasteiger partial charge in [-0.2, -0.15) is 0 Å². The van der Waals surface area contributed by atoms with E-state index < -0.39 is 0 Å². The second kappa shape index (κ2) is 6.69. The summed E-state index contributed by atoms with van der Waals surface area (Å²) in [6, 6.07) is 8.55. The zero-order valence-corrected chi connectivity index (χ0v) is 14.0. The molecule has 0 atom stereocenters. The Hall–Kier alpha value is -1.55. The van der Waals surface area contributed by atoms with Crippen molar-refractivity contribution < 1.29 is 4.79 Å². The average Bonchev–Trinajstić information content (AvgIpc) is 2.52. The SMILES string of the molecule is CC(C)NC(=O)CSc1nc2ccccc2c2c1CCCC2. The van der Waals surface area contributed by atoms with Crippen LogP contribution >= 0.6 is 11.8 Å². The molecule has 1 aromatic carbocycles. The molecule has 22 heavy (non-hydrogen) atoms. The number of nitrogens with zero attached hydrogens (tertiary/aromatic N) is 1. The molecule has 0 radical (unpaired) electrons. The van der Waals surface area contributed by atoms with E-state index in [9.17, 15) is 4.79 Å². The van der Waals surface area contributed by atoms with Gasteiger partial charge >= 0.3 is 0 Å². The van der Waals surface area contributed by atoms with Crippen molar-refractivity contribution in [3.05, 3.63) is 35.4 Å². The zero-order valence-electron chi connectivity index (χ0n) is 13.2. The maximum Gasteiger partial charge on any atom is 0.230 e. The van der Waals surface area contributed by atoms with Crippen molar-refractivity contribution in [1.82, 2.24) is 10.3 Å². The molecule has 1 aliphatic carbocycles. The van der Waals surface area contributed by atoms with Crippen LogP contribution in [-0.4, -0.2) is 22.7 Å². The maximum absolute atomic E-state index is 11.9. The van der Waals surface area contributed by atoms with E-state index >= 15 is 0 Å². The fraction of sp³-hybridized carbons (Fsp3) is 0.444. The van der Waals surface area contributed by atoms with Crippen LogP contribution in [0.15, 0.2) is 29.3 Å². The average molecular weight is 314 g/mol. The van der Waals surface area contributed by atoms with Crippen LogP contribution in [0.25, 0.3) is 10.9 Å². The first-order valence-electron chi connectivity index (χ1n) is 7.98. The topological polar surface area (TPSA) is 42.0 Å². The Bertz CT molecular complexity index is 697. The molecule has 0 fully saturated rings. The Morgan fingerprint density at radius 1 is 1.23 bits per heavy atom. The molecule has 1 aliphatic rings. The van der Waals surface area contributed by atoms with Crippen molar-refractivity contribution in [1.29, 1.82) is 0 Å². The highest BCUT2D eigenvalue weighted by Gasteiger charge is 2.19. The molecule has 1 heterocycles. The minimum Gasteiger partial charge on any atom is -0.353 e. The van der Waals surface area contributed by atoms with Crippen LogP contribution in [-0.2, 0) is 17.6 Å². The highest BCUT2D eigenvalue weighted by molar-refractivity contribution is 8.00. The molecule has 2 aromatic rings. The van der Waals surface area contributed by atoms with Crippen molar-refractivity contribution in [2.45, 2.75) is 50.6 Å². The number of amides is 1. The van der Waals surface area contributed by atoms with E-state index in [2.05, 4.69) is 23.5 Å². The Kier molecular flexibility index (Phi) is 4.67. The lowest BCUT2D eigenvalue weighted by molar-refractivity contribution is -0.119. The van der Waals surface area contributed by atoms with Crippen molar-refractivity contribution in [2.24, 2.45) is 0 Å². The van der Waals surface area contributed by atoms with Gasteiger partial charge < -0.3 is 5.32 Å². The third-order valence-electron chi connectivity index (χ3n) is 3.97. The van der Waals surface area contributed by atoms with Gasteiger partial charge in [-0.25, -0.2) is 4.98 Å². The minimum atomic E-state index is 0.0829. The second-order valence-electron chi connectivity index (χ2n) is 6.11. The number of rotatable bonds is 4. The highest BCUT2D eigenvalue weighted by Crippen LogP contribution is 2.34. The van der Waals surface area contributed by atoms with Crippen LogP contribution in [0.3, 0.4) is 0 Å². The molecule has 0 saturated heterocycles. The summed E-state index contributed by atoms with van der Waals surface area (Å²) >= 11 is 1.58. The lowest BCUT2D eigenvalue weighted by Gasteiger charge is -2.20. The van der Waals surface area contributed by atoms with Gasteiger partial charge in [0.1, 0.15) is 5.03 Å². The number of nitrogens with one attached hydrogen (secondary N) is 1. The maximum atomic E-state index is 11.9. The van der Waals surface area contributed by atoms with E-state index in [1.165, 1.54) is 29.4 Å². The molecule has 0 unspecified atom stereocenters. The monoisotopic (exact) mass is 314 g/mol. The van der Waals surface area contributed by atoms with Crippen LogP contribution in [0.4, 0.5) is 0 Å². The first-order chi connectivity index (χ1) is 10.6. The molecular weight excluding hydrogens is 292 g/mol.